The van der Waals surface area contributed by atoms with E-state index in [1.54, 1.807) is 4.90 Å². The molecule has 0 spiro atoms. The fourth-order valence-corrected chi connectivity index (χ4v) is 2.73. The van der Waals surface area contributed by atoms with Gasteiger partial charge in [0.1, 0.15) is 5.69 Å². The first kappa shape index (κ1) is 15.1. The second-order valence-electron chi connectivity index (χ2n) is 5.54. The predicted molar refractivity (Wildman–Crippen MR) is 83.9 cm³/mol. The highest BCUT2D eigenvalue weighted by Gasteiger charge is 2.25. The number of carbonyl (C=O) groups is 2. The van der Waals surface area contributed by atoms with E-state index in [4.69, 9.17) is 0 Å². The van der Waals surface area contributed by atoms with Gasteiger partial charge in [-0.2, -0.15) is 0 Å². The van der Waals surface area contributed by atoms with Crippen LogP contribution in [0.5, 0.6) is 0 Å². The number of nitrogens with zero attached hydrogens (tertiary/aromatic N) is 1. The molecule has 2 amide bonds. The molecule has 1 atom stereocenters. The van der Waals surface area contributed by atoms with Crippen molar-refractivity contribution in [2.75, 3.05) is 13.1 Å². The monoisotopic (exact) mass is 314 g/mol. The van der Waals surface area contributed by atoms with E-state index < -0.39 is 5.69 Å². The molecule has 3 rings (SSSR count). The van der Waals surface area contributed by atoms with E-state index in [1.807, 2.05) is 30.3 Å². The molecule has 3 N–H and O–H groups in total. The van der Waals surface area contributed by atoms with Crippen molar-refractivity contribution < 1.29 is 9.59 Å². The van der Waals surface area contributed by atoms with E-state index in [0.29, 0.717) is 19.5 Å². The molecule has 1 saturated heterocycles. The van der Waals surface area contributed by atoms with Gasteiger partial charge in [-0.15, -0.1) is 0 Å². The molecule has 7 heteroatoms. The van der Waals surface area contributed by atoms with Gasteiger partial charge in [-0.1, -0.05) is 30.3 Å². The molecule has 1 aliphatic rings. The molecule has 1 aliphatic heterocycles. The lowest BCUT2D eigenvalue weighted by Crippen LogP contribution is -2.38. The number of aromatic amines is 2. The van der Waals surface area contributed by atoms with Gasteiger partial charge in [-0.3, -0.25) is 9.59 Å². The average Bonchev–Trinajstić information content (AvgIpc) is 3.16. The summed E-state index contributed by atoms with van der Waals surface area (Å²) < 4.78 is 0. The third kappa shape index (κ3) is 3.50. The lowest BCUT2D eigenvalue weighted by atomic mass is 10.1. The van der Waals surface area contributed by atoms with Crippen molar-refractivity contribution in [3.63, 3.8) is 0 Å². The topological polar surface area (TPSA) is 98.1 Å². The van der Waals surface area contributed by atoms with E-state index >= 15 is 0 Å². The quantitative estimate of drug-likeness (QED) is 0.761. The van der Waals surface area contributed by atoms with Crippen molar-refractivity contribution in [1.29, 1.82) is 0 Å². The van der Waals surface area contributed by atoms with Crippen molar-refractivity contribution in [3.05, 3.63) is 58.3 Å². The Hall–Kier alpha value is -2.83. The zero-order valence-corrected chi connectivity index (χ0v) is 12.5. The molecule has 1 fully saturated rings. The number of benzene rings is 1. The summed E-state index contributed by atoms with van der Waals surface area (Å²) in [4.78, 5) is 41.9. The summed E-state index contributed by atoms with van der Waals surface area (Å²) in [5, 5.41) is 2.89. The van der Waals surface area contributed by atoms with Crippen molar-refractivity contribution in [3.8, 4) is 0 Å². The highest BCUT2D eigenvalue weighted by molar-refractivity contribution is 5.92. The van der Waals surface area contributed by atoms with Crippen LogP contribution in [0.2, 0.25) is 0 Å². The Balaban J connectivity index is 1.78. The zero-order valence-electron chi connectivity index (χ0n) is 12.5. The minimum atomic E-state index is -0.430. The van der Waals surface area contributed by atoms with Gasteiger partial charge in [-0.05, 0) is 12.0 Å². The molecule has 0 aliphatic carbocycles. The minimum Gasteiger partial charge on any atom is -0.342 e. The summed E-state index contributed by atoms with van der Waals surface area (Å²) in [5.41, 5.74) is 0.656. The van der Waals surface area contributed by atoms with Crippen LogP contribution in [0.1, 0.15) is 34.9 Å². The Bertz CT molecular complexity index is 750. The van der Waals surface area contributed by atoms with Gasteiger partial charge in [-0.25, -0.2) is 4.79 Å². The Kier molecular flexibility index (Phi) is 4.27. The fourth-order valence-electron chi connectivity index (χ4n) is 2.73. The molecule has 1 unspecified atom stereocenters. The Morgan fingerprint density at radius 3 is 2.65 bits per heavy atom. The standard InChI is InChI=1S/C16H18N4O3/c21-14-7-4-8-20(14)10-13(11-5-2-1-3-6-11)18-15(22)12-9-17-16(23)19-12/h1-3,5-6,9,13H,4,7-8,10H2,(H,18,22)(H2,17,19,23). The van der Waals surface area contributed by atoms with Crippen molar-refractivity contribution in [1.82, 2.24) is 20.2 Å². The lowest BCUT2D eigenvalue weighted by Gasteiger charge is -2.25. The average molecular weight is 314 g/mol. The molecule has 1 aromatic carbocycles. The molecule has 2 aromatic rings. The molecular formula is C16H18N4O3. The summed E-state index contributed by atoms with van der Waals surface area (Å²) in [5.74, 6) is -0.279. The second-order valence-corrected chi connectivity index (χ2v) is 5.54. The third-order valence-corrected chi connectivity index (χ3v) is 3.92. The fraction of sp³-hybridized carbons (Fsp3) is 0.312. The van der Waals surface area contributed by atoms with Crippen molar-refractivity contribution >= 4 is 11.8 Å². The maximum Gasteiger partial charge on any atom is 0.323 e. The first-order chi connectivity index (χ1) is 11.1. The van der Waals surface area contributed by atoms with E-state index in [0.717, 1.165) is 12.0 Å². The van der Waals surface area contributed by atoms with Crippen LogP contribution in [-0.2, 0) is 4.79 Å². The van der Waals surface area contributed by atoms with E-state index in [1.165, 1.54) is 6.20 Å². The van der Waals surface area contributed by atoms with Crippen LogP contribution < -0.4 is 11.0 Å². The number of aromatic nitrogens is 2. The molecule has 2 heterocycles. The molecule has 0 saturated carbocycles. The predicted octanol–water partition coefficient (Wildman–Crippen LogP) is 0.796. The maximum atomic E-state index is 12.3. The van der Waals surface area contributed by atoms with Gasteiger partial charge in [0.2, 0.25) is 5.91 Å². The molecule has 7 nitrogen and oxygen atoms in total. The van der Waals surface area contributed by atoms with Crippen LogP contribution >= 0.6 is 0 Å². The van der Waals surface area contributed by atoms with Crippen LogP contribution in [0.25, 0.3) is 0 Å². The van der Waals surface area contributed by atoms with Crippen LogP contribution in [-0.4, -0.2) is 39.8 Å². The number of likely N-dealkylation sites (tertiary alicyclic amines) is 1. The lowest BCUT2D eigenvalue weighted by molar-refractivity contribution is -0.128. The summed E-state index contributed by atoms with van der Waals surface area (Å²) in [6.45, 7) is 1.13. The second kappa shape index (κ2) is 6.51. The number of nitrogens with one attached hydrogen (secondary N) is 3. The Morgan fingerprint density at radius 2 is 2.04 bits per heavy atom. The number of H-pyrrole nitrogens is 2. The van der Waals surface area contributed by atoms with Gasteiger partial charge in [0.25, 0.3) is 5.91 Å². The molecule has 0 bridgehead atoms. The van der Waals surface area contributed by atoms with E-state index in [2.05, 4.69) is 15.3 Å². The number of amides is 2. The molecule has 120 valence electrons. The van der Waals surface area contributed by atoms with E-state index in [9.17, 15) is 14.4 Å². The summed E-state index contributed by atoms with van der Waals surface area (Å²) in [7, 11) is 0. The first-order valence-electron chi connectivity index (χ1n) is 7.55. The summed E-state index contributed by atoms with van der Waals surface area (Å²) in [6.07, 6.45) is 2.74. The molecule has 23 heavy (non-hydrogen) atoms. The molecule has 0 radical (unpaired) electrons. The number of imidazole rings is 1. The van der Waals surface area contributed by atoms with Gasteiger partial charge in [0, 0.05) is 25.7 Å². The highest BCUT2D eigenvalue weighted by atomic mass is 16.2. The van der Waals surface area contributed by atoms with Gasteiger partial charge >= 0.3 is 5.69 Å². The van der Waals surface area contributed by atoms with Crippen LogP contribution in [0.4, 0.5) is 0 Å². The first-order valence-corrected chi connectivity index (χ1v) is 7.55. The number of hydrogen-bond acceptors (Lipinski definition) is 3. The minimum absolute atomic E-state index is 0.107. The van der Waals surface area contributed by atoms with Gasteiger partial charge in [0.15, 0.2) is 0 Å². The SMILES string of the molecule is O=C(NC(CN1CCCC1=O)c1ccccc1)c1c[nH]c(=O)[nH]1. The maximum absolute atomic E-state index is 12.3. The number of rotatable bonds is 5. The summed E-state index contributed by atoms with van der Waals surface area (Å²) >= 11 is 0. The third-order valence-electron chi connectivity index (χ3n) is 3.92. The van der Waals surface area contributed by atoms with E-state index in [-0.39, 0.29) is 23.6 Å². The normalized spacial score (nSPS) is 15.7. The van der Waals surface area contributed by atoms with Gasteiger partial charge < -0.3 is 20.2 Å². The largest absolute Gasteiger partial charge is 0.342 e. The van der Waals surface area contributed by atoms with Crippen LogP contribution in [0.3, 0.4) is 0 Å². The van der Waals surface area contributed by atoms with Crippen LogP contribution in [0, 0.1) is 0 Å². The van der Waals surface area contributed by atoms with Crippen molar-refractivity contribution in [2.45, 2.75) is 18.9 Å². The molecular weight excluding hydrogens is 296 g/mol. The van der Waals surface area contributed by atoms with Crippen molar-refractivity contribution in [2.24, 2.45) is 0 Å². The summed E-state index contributed by atoms with van der Waals surface area (Å²) in [6, 6.07) is 9.16. The zero-order chi connectivity index (χ0) is 16.2. The number of carbonyl (C=O) groups excluding carboxylic acids is 2. The number of hydrogen-bond donors (Lipinski definition) is 3. The molecule has 1 aromatic heterocycles. The Morgan fingerprint density at radius 1 is 1.26 bits per heavy atom. The van der Waals surface area contributed by atoms with Gasteiger partial charge in [0.05, 0.1) is 6.04 Å². The Labute approximate surface area is 132 Å². The smallest absolute Gasteiger partial charge is 0.323 e. The highest BCUT2D eigenvalue weighted by Crippen LogP contribution is 2.18. The van der Waals surface area contributed by atoms with Crippen LogP contribution in [0.15, 0.2) is 41.3 Å².